The summed E-state index contributed by atoms with van der Waals surface area (Å²) in [6.45, 7) is 3.72. The molecule has 1 saturated heterocycles. The summed E-state index contributed by atoms with van der Waals surface area (Å²) < 4.78 is 0. The quantitative estimate of drug-likeness (QED) is 0.755. The molecule has 0 aromatic rings. The molecule has 2 aliphatic rings. The van der Waals surface area contributed by atoms with E-state index < -0.39 is 11.6 Å². The number of nitrogens with one attached hydrogen (secondary N) is 2. The van der Waals surface area contributed by atoms with Gasteiger partial charge in [-0.1, -0.05) is 19.3 Å². The molecule has 1 aliphatic carbocycles. The van der Waals surface area contributed by atoms with Gasteiger partial charge in [0.25, 0.3) is 5.91 Å². The van der Waals surface area contributed by atoms with Gasteiger partial charge in [-0.05, 0) is 32.6 Å². The van der Waals surface area contributed by atoms with Crippen molar-refractivity contribution in [2.45, 2.75) is 51.5 Å². The van der Waals surface area contributed by atoms with E-state index in [2.05, 4.69) is 10.6 Å². The molecule has 1 heterocycles. The average Bonchev–Trinajstić information content (AvgIpc) is 2.60. The standard InChI is InChI=1S/C14H23N3O3/c1-14(2)12(19)17(13(20)16-14)9-11(18)15-8-10-6-4-3-5-7-10/h10H,3-9H2,1-2H3,(H,15,18)(H,16,20). The van der Waals surface area contributed by atoms with Crippen molar-refractivity contribution in [1.82, 2.24) is 15.5 Å². The SMILES string of the molecule is CC1(C)NC(=O)N(CC(=O)NCC2CCCCC2)C1=O. The van der Waals surface area contributed by atoms with Gasteiger partial charge in [-0.3, -0.25) is 14.5 Å². The molecule has 1 aliphatic heterocycles. The summed E-state index contributed by atoms with van der Waals surface area (Å²) >= 11 is 0. The minimum absolute atomic E-state index is 0.194. The summed E-state index contributed by atoms with van der Waals surface area (Å²) in [5.74, 6) is -0.0839. The van der Waals surface area contributed by atoms with Crippen LogP contribution in [0.25, 0.3) is 0 Å². The lowest BCUT2D eigenvalue weighted by molar-refractivity contribution is -0.134. The monoisotopic (exact) mass is 281 g/mol. The van der Waals surface area contributed by atoms with Gasteiger partial charge in [0.1, 0.15) is 12.1 Å². The van der Waals surface area contributed by atoms with Crippen LogP contribution in [0.3, 0.4) is 0 Å². The number of imide groups is 1. The third-order valence-corrected chi connectivity index (χ3v) is 4.06. The van der Waals surface area contributed by atoms with E-state index in [9.17, 15) is 14.4 Å². The number of carbonyl (C=O) groups excluding carboxylic acids is 3. The van der Waals surface area contributed by atoms with Crippen molar-refractivity contribution < 1.29 is 14.4 Å². The molecule has 0 radical (unpaired) electrons. The molecule has 0 atom stereocenters. The van der Waals surface area contributed by atoms with Crippen molar-refractivity contribution in [3.8, 4) is 0 Å². The summed E-state index contributed by atoms with van der Waals surface area (Å²) in [7, 11) is 0. The molecule has 6 heteroatoms. The molecule has 20 heavy (non-hydrogen) atoms. The molecule has 4 amide bonds. The number of hydrogen-bond donors (Lipinski definition) is 2. The Kier molecular flexibility index (Phi) is 4.30. The average molecular weight is 281 g/mol. The summed E-state index contributed by atoms with van der Waals surface area (Å²) in [6.07, 6.45) is 6.03. The van der Waals surface area contributed by atoms with Crippen molar-refractivity contribution in [3.63, 3.8) is 0 Å². The first-order chi connectivity index (χ1) is 9.40. The number of amides is 4. The predicted octanol–water partition coefficient (Wildman–Crippen LogP) is 1.01. The number of nitrogens with zero attached hydrogens (tertiary/aromatic N) is 1. The van der Waals surface area contributed by atoms with Gasteiger partial charge in [0.05, 0.1) is 0 Å². The Morgan fingerprint density at radius 3 is 2.50 bits per heavy atom. The van der Waals surface area contributed by atoms with Crippen molar-refractivity contribution in [1.29, 1.82) is 0 Å². The Bertz CT molecular complexity index is 414. The van der Waals surface area contributed by atoms with Crippen LogP contribution in [-0.2, 0) is 9.59 Å². The van der Waals surface area contributed by atoms with Gasteiger partial charge >= 0.3 is 6.03 Å². The third kappa shape index (κ3) is 3.29. The molecule has 112 valence electrons. The Hall–Kier alpha value is -1.59. The lowest BCUT2D eigenvalue weighted by Crippen LogP contribution is -2.44. The van der Waals surface area contributed by atoms with Crippen LogP contribution in [-0.4, -0.2) is 41.4 Å². The van der Waals surface area contributed by atoms with Crippen LogP contribution < -0.4 is 10.6 Å². The molecule has 0 unspecified atom stereocenters. The molecular weight excluding hydrogens is 258 g/mol. The molecule has 1 saturated carbocycles. The third-order valence-electron chi connectivity index (χ3n) is 4.06. The maximum absolute atomic E-state index is 11.9. The molecule has 2 rings (SSSR count). The lowest BCUT2D eigenvalue weighted by Gasteiger charge is -2.22. The zero-order valence-electron chi connectivity index (χ0n) is 12.2. The highest BCUT2D eigenvalue weighted by Gasteiger charge is 2.44. The fourth-order valence-electron chi connectivity index (χ4n) is 2.81. The highest BCUT2D eigenvalue weighted by Crippen LogP contribution is 2.22. The van der Waals surface area contributed by atoms with Crippen molar-refractivity contribution in [3.05, 3.63) is 0 Å². The van der Waals surface area contributed by atoms with Gasteiger partial charge in [0.2, 0.25) is 5.91 Å². The smallest absolute Gasteiger partial charge is 0.325 e. The maximum atomic E-state index is 11.9. The summed E-state index contributed by atoms with van der Waals surface area (Å²) in [4.78, 5) is 36.4. The summed E-state index contributed by atoms with van der Waals surface area (Å²) in [6, 6.07) is -0.493. The van der Waals surface area contributed by atoms with Crippen LogP contribution >= 0.6 is 0 Å². The van der Waals surface area contributed by atoms with E-state index in [-0.39, 0.29) is 18.4 Å². The van der Waals surface area contributed by atoms with Crippen LogP contribution in [0.15, 0.2) is 0 Å². The van der Waals surface area contributed by atoms with Gasteiger partial charge in [-0.2, -0.15) is 0 Å². The van der Waals surface area contributed by atoms with E-state index >= 15 is 0 Å². The largest absolute Gasteiger partial charge is 0.354 e. The molecule has 0 bridgehead atoms. The summed E-state index contributed by atoms with van der Waals surface area (Å²) in [5.41, 5.74) is -0.916. The van der Waals surface area contributed by atoms with E-state index in [4.69, 9.17) is 0 Å². The Morgan fingerprint density at radius 1 is 1.30 bits per heavy atom. The minimum atomic E-state index is -0.916. The van der Waals surface area contributed by atoms with Crippen LogP contribution in [0.4, 0.5) is 4.79 Å². The second kappa shape index (κ2) is 5.81. The van der Waals surface area contributed by atoms with E-state index in [1.807, 2.05) is 0 Å². The lowest BCUT2D eigenvalue weighted by atomic mass is 9.89. The second-order valence-corrected chi connectivity index (χ2v) is 6.25. The van der Waals surface area contributed by atoms with Crippen LogP contribution in [0.2, 0.25) is 0 Å². The highest BCUT2D eigenvalue weighted by atomic mass is 16.2. The van der Waals surface area contributed by atoms with Crippen LogP contribution in [0.5, 0.6) is 0 Å². The van der Waals surface area contributed by atoms with Crippen molar-refractivity contribution in [2.24, 2.45) is 5.92 Å². The fraction of sp³-hybridized carbons (Fsp3) is 0.786. The van der Waals surface area contributed by atoms with E-state index in [1.54, 1.807) is 13.8 Å². The van der Waals surface area contributed by atoms with Crippen LogP contribution in [0.1, 0.15) is 46.0 Å². The topological polar surface area (TPSA) is 78.5 Å². The Balaban J connectivity index is 1.79. The number of hydrogen-bond acceptors (Lipinski definition) is 3. The molecule has 2 N–H and O–H groups in total. The van der Waals surface area contributed by atoms with E-state index in [0.717, 1.165) is 17.7 Å². The predicted molar refractivity (Wildman–Crippen MR) is 73.9 cm³/mol. The van der Waals surface area contributed by atoms with Gasteiger partial charge < -0.3 is 10.6 Å². The van der Waals surface area contributed by atoms with Crippen molar-refractivity contribution in [2.75, 3.05) is 13.1 Å². The normalized spacial score (nSPS) is 22.8. The molecule has 0 aromatic heterocycles. The summed E-state index contributed by atoms with van der Waals surface area (Å²) in [5, 5.41) is 5.40. The number of carbonyl (C=O) groups is 3. The second-order valence-electron chi connectivity index (χ2n) is 6.25. The van der Waals surface area contributed by atoms with Gasteiger partial charge in [-0.25, -0.2) is 4.79 Å². The van der Waals surface area contributed by atoms with E-state index in [0.29, 0.717) is 12.5 Å². The molecule has 2 fully saturated rings. The Labute approximate surface area is 119 Å². The first-order valence-electron chi connectivity index (χ1n) is 7.31. The first-order valence-corrected chi connectivity index (χ1v) is 7.31. The molecule has 0 spiro atoms. The maximum Gasteiger partial charge on any atom is 0.325 e. The van der Waals surface area contributed by atoms with Gasteiger partial charge in [-0.15, -0.1) is 0 Å². The molecule has 6 nitrogen and oxygen atoms in total. The number of urea groups is 1. The van der Waals surface area contributed by atoms with E-state index in [1.165, 1.54) is 19.3 Å². The van der Waals surface area contributed by atoms with Gasteiger partial charge in [0.15, 0.2) is 0 Å². The highest BCUT2D eigenvalue weighted by molar-refractivity contribution is 6.08. The van der Waals surface area contributed by atoms with Crippen LogP contribution in [0, 0.1) is 5.92 Å². The zero-order chi connectivity index (χ0) is 14.8. The fourth-order valence-corrected chi connectivity index (χ4v) is 2.81. The van der Waals surface area contributed by atoms with Gasteiger partial charge in [0, 0.05) is 6.54 Å². The molecular formula is C14H23N3O3. The van der Waals surface area contributed by atoms with Crippen molar-refractivity contribution >= 4 is 17.8 Å². The Morgan fingerprint density at radius 2 is 1.95 bits per heavy atom. The number of rotatable bonds is 4. The zero-order valence-corrected chi connectivity index (χ0v) is 12.2. The first kappa shape index (κ1) is 14.8. The molecule has 0 aromatic carbocycles. The minimum Gasteiger partial charge on any atom is -0.354 e.